The van der Waals surface area contributed by atoms with Gasteiger partial charge >= 0.3 is 0 Å². The van der Waals surface area contributed by atoms with Crippen molar-refractivity contribution in [2.45, 2.75) is 27.2 Å². The zero-order valence-electron chi connectivity index (χ0n) is 15.4. The molecule has 0 fully saturated rings. The Kier molecular flexibility index (Phi) is 5.65. The number of aryl methyl sites for hydroxylation is 1. The molecule has 0 unspecified atom stereocenters. The normalized spacial score (nSPS) is 11.6. The Balaban J connectivity index is 1.87. The number of hydrogen-bond donors (Lipinski definition) is 0. The molecule has 26 heavy (non-hydrogen) atoms. The molecule has 3 heteroatoms. The quantitative estimate of drug-likeness (QED) is 0.496. The first-order valence-corrected chi connectivity index (χ1v) is 9.67. The monoisotopic (exact) mass is 358 g/mol. The lowest BCUT2D eigenvalue weighted by atomic mass is 10.0. The zero-order chi connectivity index (χ0) is 18.5. The summed E-state index contributed by atoms with van der Waals surface area (Å²) in [7, 11) is 0. The summed E-state index contributed by atoms with van der Waals surface area (Å²) in [4.78, 5) is 4.70. The topological polar surface area (TPSA) is 36.7 Å². The summed E-state index contributed by atoms with van der Waals surface area (Å²) in [5, 5.41) is 12.4. The van der Waals surface area contributed by atoms with Crippen LogP contribution in [0.25, 0.3) is 22.9 Å². The van der Waals surface area contributed by atoms with Crippen LogP contribution in [-0.2, 0) is 6.42 Å². The minimum Gasteiger partial charge on any atom is -0.235 e. The van der Waals surface area contributed by atoms with E-state index in [1.807, 2.05) is 42.6 Å². The highest BCUT2D eigenvalue weighted by Crippen LogP contribution is 2.28. The average molecular weight is 359 g/mol. The van der Waals surface area contributed by atoms with E-state index in [4.69, 9.17) is 4.98 Å². The van der Waals surface area contributed by atoms with Crippen LogP contribution in [0, 0.1) is 24.2 Å². The largest absolute Gasteiger partial charge is 0.235 e. The molecule has 1 heterocycles. The van der Waals surface area contributed by atoms with Crippen molar-refractivity contribution in [1.82, 2.24) is 4.98 Å². The Bertz CT molecular complexity index is 956. The van der Waals surface area contributed by atoms with Crippen molar-refractivity contribution >= 4 is 23.0 Å². The van der Waals surface area contributed by atoms with Gasteiger partial charge in [0.05, 0.1) is 11.3 Å². The van der Waals surface area contributed by atoms with Crippen LogP contribution in [0.5, 0.6) is 0 Å². The first-order valence-electron chi connectivity index (χ1n) is 8.79. The molecule has 0 aliphatic carbocycles. The van der Waals surface area contributed by atoms with E-state index >= 15 is 0 Å². The Morgan fingerprint density at radius 1 is 1.15 bits per heavy atom. The molecule has 3 rings (SSSR count). The first-order chi connectivity index (χ1) is 12.6. The summed E-state index contributed by atoms with van der Waals surface area (Å²) >= 11 is 1.52. The molecular formula is C23H22N2S. The molecule has 0 N–H and O–H groups in total. The van der Waals surface area contributed by atoms with Gasteiger partial charge in [-0.15, -0.1) is 11.3 Å². The van der Waals surface area contributed by atoms with Crippen LogP contribution >= 0.6 is 11.3 Å². The number of hydrogen-bond acceptors (Lipinski definition) is 3. The molecule has 0 aliphatic heterocycles. The highest BCUT2D eigenvalue weighted by atomic mass is 32.1. The van der Waals surface area contributed by atoms with E-state index in [2.05, 4.69) is 44.2 Å². The standard InChI is InChI=1S/C23H22N2S/c1-16(2)12-18-8-10-19(11-9-18)22-15-26-23(25-22)21(14-24)13-20-7-5-4-6-17(20)3/h4-11,13,15-16H,12H2,1-3H3. The van der Waals surface area contributed by atoms with Crippen LogP contribution in [0.1, 0.15) is 35.5 Å². The lowest BCUT2D eigenvalue weighted by Crippen LogP contribution is -1.93. The van der Waals surface area contributed by atoms with E-state index in [0.717, 1.165) is 33.8 Å². The maximum absolute atomic E-state index is 9.58. The summed E-state index contributed by atoms with van der Waals surface area (Å²) in [5.74, 6) is 0.650. The van der Waals surface area contributed by atoms with Crippen LogP contribution in [0.15, 0.2) is 53.9 Å². The molecule has 0 amide bonds. The lowest BCUT2D eigenvalue weighted by Gasteiger charge is -2.05. The van der Waals surface area contributed by atoms with Crippen molar-refractivity contribution in [1.29, 1.82) is 5.26 Å². The predicted octanol–water partition coefficient (Wildman–Crippen LogP) is 6.38. The van der Waals surface area contributed by atoms with Gasteiger partial charge in [-0.05, 0) is 42.0 Å². The minimum absolute atomic E-state index is 0.604. The molecule has 2 nitrogen and oxygen atoms in total. The first kappa shape index (κ1) is 18.1. The summed E-state index contributed by atoms with van der Waals surface area (Å²) in [5.41, 5.74) is 6.17. The highest BCUT2D eigenvalue weighted by Gasteiger charge is 2.10. The molecule has 3 aromatic rings. The van der Waals surface area contributed by atoms with Crippen molar-refractivity contribution in [2.75, 3.05) is 0 Å². The fourth-order valence-electron chi connectivity index (χ4n) is 2.86. The van der Waals surface area contributed by atoms with Crippen LogP contribution in [0.3, 0.4) is 0 Å². The number of benzene rings is 2. The maximum atomic E-state index is 9.58. The predicted molar refractivity (Wildman–Crippen MR) is 111 cm³/mol. The maximum Gasteiger partial charge on any atom is 0.134 e. The molecule has 0 saturated carbocycles. The Morgan fingerprint density at radius 3 is 2.54 bits per heavy atom. The van der Waals surface area contributed by atoms with E-state index in [1.54, 1.807) is 0 Å². The number of thiazole rings is 1. The van der Waals surface area contributed by atoms with Gasteiger partial charge < -0.3 is 0 Å². The Hall–Kier alpha value is -2.70. The smallest absolute Gasteiger partial charge is 0.134 e. The van der Waals surface area contributed by atoms with Gasteiger partial charge in [0.1, 0.15) is 11.1 Å². The van der Waals surface area contributed by atoms with Crippen molar-refractivity contribution in [3.63, 3.8) is 0 Å². The third-order valence-electron chi connectivity index (χ3n) is 4.24. The summed E-state index contributed by atoms with van der Waals surface area (Å²) in [6.45, 7) is 6.50. The molecule has 1 aromatic heterocycles. The fraction of sp³-hybridized carbons (Fsp3) is 0.217. The van der Waals surface area contributed by atoms with Gasteiger partial charge in [0.25, 0.3) is 0 Å². The summed E-state index contributed by atoms with van der Waals surface area (Å²) in [6.07, 6.45) is 3.00. The highest BCUT2D eigenvalue weighted by molar-refractivity contribution is 7.11. The Morgan fingerprint density at radius 2 is 1.88 bits per heavy atom. The third-order valence-corrected chi connectivity index (χ3v) is 5.11. The summed E-state index contributed by atoms with van der Waals surface area (Å²) < 4.78 is 0. The van der Waals surface area contributed by atoms with Crippen LogP contribution in [0.2, 0.25) is 0 Å². The molecule has 130 valence electrons. The number of nitrogens with zero attached hydrogens (tertiary/aromatic N) is 2. The van der Waals surface area contributed by atoms with Gasteiger partial charge in [-0.25, -0.2) is 4.98 Å². The second-order valence-electron chi connectivity index (χ2n) is 6.86. The van der Waals surface area contributed by atoms with Gasteiger partial charge in [-0.3, -0.25) is 0 Å². The zero-order valence-corrected chi connectivity index (χ0v) is 16.2. The van der Waals surface area contributed by atoms with Crippen LogP contribution in [-0.4, -0.2) is 4.98 Å². The SMILES string of the molecule is Cc1ccccc1C=C(C#N)c1nc(-c2ccc(CC(C)C)cc2)cs1. The summed E-state index contributed by atoms with van der Waals surface area (Å²) in [6, 6.07) is 18.9. The van der Waals surface area contributed by atoms with Crippen LogP contribution < -0.4 is 0 Å². The Labute approximate surface area is 159 Å². The number of allylic oxidation sites excluding steroid dienone is 1. The van der Waals surface area contributed by atoms with Crippen LogP contribution in [0.4, 0.5) is 0 Å². The third kappa shape index (κ3) is 4.28. The van der Waals surface area contributed by atoms with Gasteiger partial charge in [-0.1, -0.05) is 62.4 Å². The molecule has 0 radical (unpaired) electrons. The lowest BCUT2D eigenvalue weighted by molar-refractivity contribution is 0.647. The molecule has 0 aliphatic rings. The van der Waals surface area contributed by atoms with E-state index in [0.29, 0.717) is 11.5 Å². The second kappa shape index (κ2) is 8.12. The average Bonchev–Trinajstić information content (AvgIpc) is 3.11. The van der Waals surface area contributed by atoms with Crippen molar-refractivity contribution < 1.29 is 0 Å². The molecular weight excluding hydrogens is 336 g/mol. The van der Waals surface area contributed by atoms with E-state index in [1.165, 1.54) is 16.9 Å². The van der Waals surface area contributed by atoms with Gasteiger partial charge in [0.2, 0.25) is 0 Å². The number of nitriles is 1. The molecule has 0 saturated heterocycles. The fourth-order valence-corrected chi connectivity index (χ4v) is 3.65. The second-order valence-corrected chi connectivity index (χ2v) is 7.72. The molecule has 0 bridgehead atoms. The van der Waals surface area contributed by atoms with Crippen molar-refractivity contribution in [2.24, 2.45) is 5.92 Å². The van der Waals surface area contributed by atoms with Gasteiger partial charge in [0.15, 0.2) is 0 Å². The van der Waals surface area contributed by atoms with Gasteiger partial charge in [0, 0.05) is 10.9 Å². The molecule has 0 atom stereocenters. The van der Waals surface area contributed by atoms with Crippen molar-refractivity contribution in [3.05, 3.63) is 75.6 Å². The van der Waals surface area contributed by atoms with Crippen molar-refractivity contribution in [3.8, 4) is 17.3 Å². The molecule has 0 spiro atoms. The number of rotatable bonds is 5. The van der Waals surface area contributed by atoms with E-state index in [9.17, 15) is 5.26 Å². The minimum atomic E-state index is 0.604. The van der Waals surface area contributed by atoms with E-state index in [-0.39, 0.29) is 0 Å². The number of aromatic nitrogens is 1. The van der Waals surface area contributed by atoms with Gasteiger partial charge in [-0.2, -0.15) is 5.26 Å². The van der Waals surface area contributed by atoms with E-state index < -0.39 is 0 Å². The molecule has 2 aromatic carbocycles.